The molecule has 1 aliphatic heterocycles. The molecule has 1 N–H and O–H groups in total. The first-order valence-corrected chi connectivity index (χ1v) is 12.2. The van der Waals surface area contributed by atoms with E-state index in [4.69, 9.17) is 0 Å². The molecular weight excluding hydrogens is 410 g/mol. The molecule has 3 heterocycles. The molecule has 0 spiro atoms. The minimum atomic E-state index is -0.0779. The van der Waals surface area contributed by atoms with Crippen molar-refractivity contribution in [2.75, 3.05) is 13.1 Å². The second-order valence-corrected chi connectivity index (χ2v) is 9.50. The predicted molar refractivity (Wildman–Crippen MR) is 129 cm³/mol. The third-order valence-electron chi connectivity index (χ3n) is 7.38. The van der Waals surface area contributed by atoms with E-state index in [1.165, 1.54) is 30.5 Å². The zero-order chi connectivity index (χ0) is 22.6. The Hall–Kier alpha value is -2.99. The fourth-order valence-corrected chi connectivity index (χ4v) is 5.50. The molecule has 33 heavy (non-hydrogen) atoms. The highest BCUT2D eigenvalue weighted by atomic mass is 16.1. The fraction of sp³-hybridized carbons (Fsp3) is 0.444. The van der Waals surface area contributed by atoms with Gasteiger partial charge in [-0.2, -0.15) is 5.10 Å². The Morgan fingerprint density at radius 3 is 2.55 bits per heavy atom. The van der Waals surface area contributed by atoms with Gasteiger partial charge < -0.3 is 10.2 Å². The maximum absolute atomic E-state index is 13.0. The summed E-state index contributed by atoms with van der Waals surface area (Å²) < 4.78 is 1.92. The normalized spacial score (nSPS) is 19.2. The standard InChI is InChI=1S/C27H33N5O/c1-31-25-8-7-23(32-15-11-21(12-16-32)17-20-5-3-2-4-6-20)18-24(25)26(30-31)27(33)29-19-22-9-13-28-14-10-22/h2-6,9-10,13-14,21,23H,7-8,11-12,15-19H2,1H3,(H,29,33)/t23-/m0/s1. The van der Waals surface area contributed by atoms with Crippen LogP contribution in [0.5, 0.6) is 0 Å². The van der Waals surface area contributed by atoms with E-state index < -0.39 is 0 Å². The number of likely N-dealkylation sites (tertiary alicyclic amines) is 1. The average molecular weight is 444 g/mol. The first-order valence-electron chi connectivity index (χ1n) is 12.2. The van der Waals surface area contributed by atoms with Gasteiger partial charge in [-0.25, -0.2) is 0 Å². The van der Waals surface area contributed by atoms with E-state index in [1.807, 2.05) is 23.9 Å². The summed E-state index contributed by atoms with van der Waals surface area (Å²) in [4.78, 5) is 19.7. The molecule has 1 atom stereocenters. The molecule has 0 radical (unpaired) electrons. The predicted octanol–water partition coefficient (Wildman–Crippen LogP) is 3.56. The van der Waals surface area contributed by atoms with E-state index in [1.54, 1.807) is 12.4 Å². The molecule has 1 aliphatic carbocycles. The van der Waals surface area contributed by atoms with Crippen LogP contribution in [0.3, 0.4) is 0 Å². The van der Waals surface area contributed by atoms with Gasteiger partial charge in [0.1, 0.15) is 0 Å². The minimum Gasteiger partial charge on any atom is -0.347 e. The Morgan fingerprint density at radius 1 is 1.03 bits per heavy atom. The zero-order valence-electron chi connectivity index (χ0n) is 19.4. The van der Waals surface area contributed by atoms with E-state index in [0.717, 1.165) is 49.4 Å². The van der Waals surface area contributed by atoms with Gasteiger partial charge in [-0.15, -0.1) is 0 Å². The average Bonchev–Trinajstić information content (AvgIpc) is 3.20. The Labute approximate surface area is 196 Å². The number of carbonyl (C=O) groups is 1. The van der Waals surface area contributed by atoms with Gasteiger partial charge in [0, 0.05) is 43.3 Å². The summed E-state index contributed by atoms with van der Waals surface area (Å²) in [5, 5.41) is 7.66. The topological polar surface area (TPSA) is 63.1 Å². The van der Waals surface area contributed by atoms with Gasteiger partial charge in [-0.05, 0) is 80.8 Å². The van der Waals surface area contributed by atoms with Crippen molar-refractivity contribution in [3.63, 3.8) is 0 Å². The molecule has 3 aromatic rings. The molecule has 0 saturated carbocycles. The molecule has 1 amide bonds. The van der Waals surface area contributed by atoms with Gasteiger partial charge >= 0.3 is 0 Å². The van der Waals surface area contributed by atoms with Gasteiger partial charge in [0.15, 0.2) is 5.69 Å². The van der Waals surface area contributed by atoms with Crippen molar-refractivity contribution >= 4 is 5.91 Å². The molecule has 6 heteroatoms. The molecule has 0 bridgehead atoms. The Bertz CT molecular complexity index is 1070. The summed E-state index contributed by atoms with van der Waals surface area (Å²) in [7, 11) is 1.97. The maximum atomic E-state index is 13.0. The highest BCUT2D eigenvalue weighted by Gasteiger charge is 2.32. The highest BCUT2D eigenvalue weighted by Crippen LogP contribution is 2.30. The van der Waals surface area contributed by atoms with Gasteiger partial charge in [0.2, 0.25) is 0 Å². The van der Waals surface area contributed by atoms with Gasteiger partial charge in [0.25, 0.3) is 5.91 Å². The van der Waals surface area contributed by atoms with Crippen LogP contribution in [-0.4, -0.2) is 44.7 Å². The van der Waals surface area contributed by atoms with Gasteiger partial charge in [-0.3, -0.25) is 14.5 Å². The third-order valence-corrected chi connectivity index (χ3v) is 7.38. The molecule has 1 fully saturated rings. The van der Waals surface area contributed by atoms with Crippen molar-refractivity contribution in [1.29, 1.82) is 0 Å². The van der Waals surface area contributed by atoms with Crippen molar-refractivity contribution in [3.8, 4) is 0 Å². The lowest BCUT2D eigenvalue weighted by Crippen LogP contribution is -2.44. The molecule has 0 unspecified atom stereocenters. The van der Waals surface area contributed by atoms with Crippen LogP contribution < -0.4 is 5.32 Å². The molecule has 2 aromatic heterocycles. The number of nitrogens with zero attached hydrogens (tertiary/aromatic N) is 4. The van der Waals surface area contributed by atoms with Crippen molar-refractivity contribution in [2.24, 2.45) is 13.0 Å². The number of pyridine rings is 1. The lowest BCUT2D eigenvalue weighted by Gasteiger charge is -2.39. The van der Waals surface area contributed by atoms with Crippen LogP contribution in [0.25, 0.3) is 0 Å². The van der Waals surface area contributed by atoms with Crippen LogP contribution in [0.1, 0.15) is 52.1 Å². The van der Waals surface area contributed by atoms with Crippen molar-refractivity contribution in [1.82, 2.24) is 25.0 Å². The van der Waals surface area contributed by atoms with Crippen LogP contribution in [0, 0.1) is 5.92 Å². The molecule has 6 nitrogen and oxygen atoms in total. The second-order valence-electron chi connectivity index (χ2n) is 9.50. The quantitative estimate of drug-likeness (QED) is 0.633. The monoisotopic (exact) mass is 443 g/mol. The molecule has 1 aromatic carbocycles. The second kappa shape index (κ2) is 9.87. The van der Waals surface area contributed by atoms with Crippen molar-refractivity contribution in [3.05, 3.63) is 82.9 Å². The van der Waals surface area contributed by atoms with E-state index >= 15 is 0 Å². The number of rotatable bonds is 6. The maximum Gasteiger partial charge on any atom is 0.272 e. The van der Waals surface area contributed by atoms with E-state index in [2.05, 4.69) is 50.6 Å². The van der Waals surface area contributed by atoms with Gasteiger partial charge in [-0.1, -0.05) is 30.3 Å². The van der Waals surface area contributed by atoms with E-state index in [0.29, 0.717) is 18.3 Å². The van der Waals surface area contributed by atoms with Gasteiger partial charge in [0.05, 0.1) is 0 Å². The first-order chi connectivity index (χ1) is 16.2. The molecule has 1 saturated heterocycles. The summed E-state index contributed by atoms with van der Waals surface area (Å²) in [5.41, 5.74) is 5.47. The summed E-state index contributed by atoms with van der Waals surface area (Å²) in [6, 6.07) is 15.2. The Morgan fingerprint density at radius 2 is 1.79 bits per heavy atom. The number of aromatic nitrogens is 3. The first kappa shape index (κ1) is 21.8. The summed E-state index contributed by atoms with van der Waals surface area (Å²) in [5.74, 6) is 0.696. The molecular formula is C27H33N5O. The lowest BCUT2D eigenvalue weighted by atomic mass is 9.86. The zero-order valence-corrected chi connectivity index (χ0v) is 19.4. The van der Waals surface area contributed by atoms with Crippen LogP contribution >= 0.6 is 0 Å². The van der Waals surface area contributed by atoms with Crippen LogP contribution in [0.15, 0.2) is 54.9 Å². The smallest absolute Gasteiger partial charge is 0.272 e. The summed E-state index contributed by atoms with van der Waals surface area (Å²) in [6.07, 6.45) is 10.3. The number of hydrogen-bond acceptors (Lipinski definition) is 4. The highest BCUT2D eigenvalue weighted by molar-refractivity contribution is 5.94. The Balaban J connectivity index is 1.20. The summed E-state index contributed by atoms with van der Waals surface area (Å²) in [6.45, 7) is 2.80. The minimum absolute atomic E-state index is 0.0779. The number of benzene rings is 1. The van der Waals surface area contributed by atoms with Crippen LogP contribution in [0.2, 0.25) is 0 Å². The van der Waals surface area contributed by atoms with E-state index in [-0.39, 0.29) is 5.91 Å². The number of amides is 1. The number of nitrogens with one attached hydrogen (secondary N) is 1. The van der Waals surface area contributed by atoms with Crippen LogP contribution in [0.4, 0.5) is 0 Å². The molecule has 2 aliphatic rings. The SMILES string of the molecule is Cn1nc(C(=O)NCc2ccncc2)c2c1CC[C@H](N1CCC(Cc3ccccc3)CC1)C2. The number of fused-ring (bicyclic) bond motifs is 1. The molecule has 172 valence electrons. The largest absolute Gasteiger partial charge is 0.347 e. The third kappa shape index (κ3) is 5.01. The number of piperidine rings is 1. The Kier molecular flexibility index (Phi) is 6.53. The van der Waals surface area contributed by atoms with Crippen LogP contribution in [-0.2, 0) is 32.9 Å². The molecule has 5 rings (SSSR count). The van der Waals surface area contributed by atoms with Crippen molar-refractivity contribution in [2.45, 2.75) is 51.1 Å². The fourth-order valence-electron chi connectivity index (χ4n) is 5.50. The number of carbonyl (C=O) groups excluding carboxylic acids is 1. The van der Waals surface area contributed by atoms with Crippen molar-refractivity contribution < 1.29 is 4.79 Å². The van der Waals surface area contributed by atoms with E-state index in [9.17, 15) is 4.79 Å². The lowest BCUT2D eigenvalue weighted by molar-refractivity contribution is 0.0942. The summed E-state index contributed by atoms with van der Waals surface area (Å²) >= 11 is 0. The number of aryl methyl sites for hydroxylation is 1. The number of hydrogen-bond donors (Lipinski definition) is 1.